The number of para-hydroxylation sites is 1. The number of nitrogens with zero attached hydrogens (tertiary/aromatic N) is 2. The summed E-state index contributed by atoms with van der Waals surface area (Å²) in [4.78, 5) is 24.4. The summed E-state index contributed by atoms with van der Waals surface area (Å²) in [6.45, 7) is 0. The number of rotatable bonds is 2. The van der Waals surface area contributed by atoms with E-state index in [2.05, 4.69) is 10.4 Å². The molecule has 1 aliphatic heterocycles. The van der Waals surface area contributed by atoms with Crippen LogP contribution in [-0.4, -0.2) is 21.6 Å². The lowest BCUT2D eigenvalue weighted by molar-refractivity contribution is -0.114. The van der Waals surface area contributed by atoms with Crippen molar-refractivity contribution in [2.24, 2.45) is 0 Å². The van der Waals surface area contributed by atoms with Crippen molar-refractivity contribution in [2.75, 3.05) is 0 Å². The molecule has 0 spiro atoms. The summed E-state index contributed by atoms with van der Waals surface area (Å²) in [7, 11) is 0. The zero-order chi connectivity index (χ0) is 16.5. The van der Waals surface area contributed by atoms with Gasteiger partial charge in [-0.05, 0) is 23.8 Å². The van der Waals surface area contributed by atoms with Crippen LogP contribution in [-0.2, 0) is 4.79 Å². The van der Waals surface area contributed by atoms with Gasteiger partial charge in [0.2, 0.25) is 0 Å². The quantitative estimate of drug-likeness (QED) is 0.584. The van der Waals surface area contributed by atoms with Crippen molar-refractivity contribution >= 4 is 23.5 Å². The van der Waals surface area contributed by atoms with Crippen molar-refractivity contribution in [1.82, 2.24) is 15.1 Å². The van der Waals surface area contributed by atoms with E-state index in [-0.39, 0.29) is 0 Å². The van der Waals surface area contributed by atoms with Crippen molar-refractivity contribution in [3.05, 3.63) is 83.7 Å². The van der Waals surface area contributed by atoms with Gasteiger partial charge in [0.15, 0.2) is 0 Å². The van der Waals surface area contributed by atoms with E-state index in [9.17, 15) is 9.59 Å². The number of benzene rings is 2. The SMILES string of the molecule is O=C1NC(=O)c2cn(-c3ccccc3)nc2/C1=C\c1ccccc1. The molecule has 2 aromatic carbocycles. The molecule has 2 amide bonds. The first kappa shape index (κ1) is 14.1. The van der Waals surface area contributed by atoms with Crippen LogP contribution >= 0.6 is 0 Å². The third kappa shape index (κ3) is 2.42. The van der Waals surface area contributed by atoms with E-state index in [1.807, 2.05) is 60.7 Å². The summed E-state index contributed by atoms with van der Waals surface area (Å²) < 4.78 is 1.61. The summed E-state index contributed by atoms with van der Waals surface area (Å²) in [5.41, 5.74) is 2.87. The number of fused-ring (bicyclic) bond motifs is 1. The van der Waals surface area contributed by atoms with Crippen LogP contribution in [0, 0.1) is 0 Å². The molecule has 1 aliphatic rings. The molecule has 0 saturated heterocycles. The minimum Gasteiger partial charge on any atom is -0.288 e. The normalized spacial score (nSPS) is 15.2. The van der Waals surface area contributed by atoms with E-state index in [1.165, 1.54) is 0 Å². The van der Waals surface area contributed by atoms with Crippen LogP contribution in [0.1, 0.15) is 21.6 Å². The summed E-state index contributed by atoms with van der Waals surface area (Å²) in [6, 6.07) is 18.9. The highest BCUT2D eigenvalue weighted by Gasteiger charge is 2.30. The van der Waals surface area contributed by atoms with Gasteiger partial charge in [-0.15, -0.1) is 0 Å². The summed E-state index contributed by atoms with van der Waals surface area (Å²) in [5.74, 6) is -0.864. The number of imide groups is 1. The van der Waals surface area contributed by atoms with Crippen LogP contribution < -0.4 is 5.32 Å². The highest BCUT2D eigenvalue weighted by atomic mass is 16.2. The molecule has 0 saturated carbocycles. The molecule has 5 nitrogen and oxygen atoms in total. The van der Waals surface area contributed by atoms with Crippen LogP contribution in [0.5, 0.6) is 0 Å². The fourth-order valence-corrected chi connectivity index (χ4v) is 2.65. The van der Waals surface area contributed by atoms with E-state index < -0.39 is 11.8 Å². The molecule has 4 rings (SSSR count). The van der Waals surface area contributed by atoms with Crippen LogP contribution in [0.25, 0.3) is 17.3 Å². The highest BCUT2D eigenvalue weighted by Crippen LogP contribution is 2.26. The maximum atomic E-state index is 12.3. The van der Waals surface area contributed by atoms with Gasteiger partial charge in [0.05, 0.1) is 16.8 Å². The van der Waals surface area contributed by atoms with Crippen LogP contribution in [0.4, 0.5) is 0 Å². The molecule has 0 radical (unpaired) electrons. The first-order valence-corrected chi connectivity index (χ1v) is 7.50. The van der Waals surface area contributed by atoms with Crippen LogP contribution in [0.2, 0.25) is 0 Å². The lowest BCUT2D eigenvalue weighted by atomic mass is 10.0. The van der Waals surface area contributed by atoms with Gasteiger partial charge in [0.25, 0.3) is 11.8 Å². The number of amides is 2. The Morgan fingerprint density at radius 3 is 2.25 bits per heavy atom. The maximum absolute atomic E-state index is 12.3. The van der Waals surface area contributed by atoms with Crippen molar-refractivity contribution < 1.29 is 9.59 Å². The lowest BCUT2D eigenvalue weighted by Crippen LogP contribution is -2.36. The third-order valence-corrected chi connectivity index (χ3v) is 3.82. The summed E-state index contributed by atoms with van der Waals surface area (Å²) >= 11 is 0. The number of nitrogens with one attached hydrogen (secondary N) is 1. The molecule has 2 heterocycles. The Kier molecular flexibility index (Phi) is 3.31. The van der Waals surface area contributed by atoms with Crippen molar-refractivity contribution in [2.45, 2.75) is 0 Å². The second-order valence-corrected chi connectivity index (χ2v) is 5.42. The van der Waals surface area contributed by atoms with Gasteiger partial charge in [0, 0.05) is 6.20 Å². The molecule has 0 aliphatic carbocycles. The zero-order valence-electron chi connectivity index (χ0n) is 12.6. The maximum Gasteiger partial charge on any atom is 0.261 e. The highest BCUT2D eigenvalue weighted by molar-refractivity contribution is 6.33. The van der Waals surface area contributed by atoms with Crippen molar-refractivity contribution in [1.29, 1.82) is 0 Å². The number of carbonyl (C=O) groups excluding carboxylic acids is 2. The van der Waals surface area contributed by atoms with Crippen LogP contribution in [0.3, 0.4) is 0 Å². The Labute approximate surface area is 138 Å². The van der Waals surface area contributed by atoms with Crippen molar-refractivity contribution in [3.63, 3.8) is 0 Å². The van der Waals surface area contributed by atoms with Gasteiger partial charge < -0.3 is 0 Å². The van der Waals surface area contributed by atoms with Gasteiger partial charge in [-0.3, -0.25) is 14.9 Å². The molecule has 1 N–H and O–H groups in total. The number of hydrogen-bond acceptors (Lipinski definition) is 3. The third-order valence-electron chi connectivity index (χ3n) is 3.82. The molecule has 0 fully saturated rings. The number of aromatic nitrogens is 2. The zero-order valence-corrected chi connectivity index (χ0v) is 12.6. The minimum atomic E-state index is -0.435. The van der Waals surface area contributed by atoms with Crippen LogP contribution in [0.15, 0.2) is 66.9 Å². The standard InChI is InChI=1S/C19H13N3O2/c23-18-15(11-13-7-3-1-4-8-13)17-16(19(24)20-18)12-22(21-17)14-9-5-2-6-10-14/h1-12H,(H,20,23,24)/b15-11+. The van der Waals surface area contributed by atoms with Gasteiger partial charge in [0.1, 0.15) is 5.69 Å². The first-order chi connectivity index (χ1) is 11.7. The van der Waals surface area contributed by atoms with E-state index in [1.54, 1.807) is 17.0 Å². The largest absolute Gasteiger partial charge is 0.288 e. The molecule has 0 atom stereocenters. The second kappa shape index (κ2) is 5.62. The summed E-state index contributed by atoms with van der Waals surface area (Å²) in [6.07, 6.45) is 3.38. The fourth-order valence-electron chi connectivity index (χ4n) is 2.65. The molecule has 1 aromatic heterocycles. The van der Waals surface area contributed by atoms with Gasteiger partial charge in [-0.1, -0.05) is 48.5 Å². The van der Waals surface area contributed by atoms with Gasteiger partial charge >= 0.3 is 0 Å². The Morgan fingerprint density at radius 2 is 1.54 bits per heavy atom. The van der Waals surface area contributed by atoms with E-state index in [4.69, 9.17) is 0 Å². The van der Waals surface area contributed by atoms with Gasteiger partial charge in [-0.2, -0.15) is 5.10 Å². The molecular formula is C19H13N3O2. The average Bonchev–Trinajstić information content (AvgIpc) is 3.06. The molecule has 5 heteroatoms. The second-order valence-electron chi connectivity index (χ2n) is 5.42. The Bertz CT molecular complexity index is 957. The smallest absolute Gasteiger partial charge is 0.261 e. The molecular weight excluding hydrogens is 302 g/mol. The fraction of sp³-hybridized carbons (Fsp3) is 0. The Balaban J connectivity index is 1.86. The molecule has 0 bridgehead atoms. The predicted molar refractivity (Wildman–Crippen MR) is 90.4 cm³/mol. The average molecular weight is 315 g/mol. The van der Waals surface area contributed by atoms with Gasteiger partial charge in [-0.25, -0.2) is 4.68 Å². The van der Waals surface area contributed by atoms with Crippen molar-refractivity contribution in [3.8, 4) is 5.69 Å². The minimum absolute atomic E-state index is 0.380. The van der Waals surface area contributed by atoms with E-state index in [0.717, 1.165) is 11.3 Å². The molecule has 116 valence electrons. The Hall–Kier alpha value is -3.47. The Morgan fingerprint density at radius 1 is 0.875 bits per heavy atom. The van der Waals surface area contributed by atoms with E-state index in [0.29, 0.717) is 16.8 Å². The summed E-state index contributed by atoms with van der Waals surface area (Å²) in [5, 5.41) is 6.84. The lowest BCUT2D eigenvalue weighted by Gasteiger charge is -2.12. The van der Waals surface area contributed by atoms with E-state index >= 15 is 0 Å². The molecule has 24 heavy (non-hydrogen) atoms. The molecule has 3 aromatic rings. The molecule has 0 unspecified atom stereocenters. The monoisotopic (exact) mass is 315 g/mol. The first-order valence-electron chi connectivity index (χ1n) is 7.50. The number of carbonyl (C=O) groups is 2. The predicted octanol–water partition coefficient (Wildman–Crippen LogP) is 2.68. The number of hydrogen-bond donors (Lipinski definition) is 1. The topological polar surface area (TPSA) is 64.0 Å².